The van der Waals surface area contributed by atoms with Crippen molar-refractivity contribution in [2.45, 2.75) is 51.2 Å². The predicted molar refractivity (Wildman–Crippen MR) is 176 cm³/mol. The third kappa shape index (κ3) is 9.15. The fraction of sp³-hybridized carbons (Fsp3) is 0.417. The summed E-state index contributed by atoms with van der Waals surface area (Å²) in [4.78, 5) is 41.9. The number of aliphatic hydroxyl groups excluding tert-OH is 1. The van der Waals surface area contributed by atoms with Gasteiger partial charge in [-0.05, 0) is 66.8 Å². The molecule has 2 fully saturated rings. The van der Waals surface area contributed by atoms with Crippen molar-refractivity contribution in [3.05, 3.63) is 84.4 Å². The fourth-order valence-corrected chi connectivity index (χ4v) is 6.55. The maximum atomic E-state index is 12.8. The van der Waals surface area contributed by atoms with Crippen LogP contribution in [0.15, 0.2) is 78.9 Å². The molecule has 1 heterocycles. The van der Waals surface area contributed by atoms with E-state index in [0.29, 0.717) is 43.3 Å². The van der Waals surface area contributed by atoms with E-state index in [-0.39, 0.29) is 24.5 Å². The number of likely N-dealkylation sites (tertiary alicyclic amines) is 1. The lowest BCUT2D eigenvalue weighted by molar-refractivity contribution is -0.130. The number of rotatable bonds is 13. The quantitative estimate of drug-likeness (QED) is 0.212. The van der Waals surface area contributed by atoms with Crippen molar-refractivity contribution in [1.29, 1.82) is 0 Å². The van der Waals surface area contributed by atoms with Crippen molar-refractivity contribution >= 4 is 29.3 Å². The number of amides is 3. The molecule has 3 aromatic carbocycles. The summed E-state index contributed by atoms with van der Waals surface area (Å²) in [5.74, 6) is 1.00. The molecule has 45 heavy (non-hydrogen) atoms. The second-order valence-corrected chi connectivity index (χ2v) is 12.2. The van der Waals surface area contributed by atoms with Gasteiger partial charge in [-0.25, -0.2) is 4.79 Å². The summed E-state index contributed by atoms with van der Waals surface area (Å²) in [6, 6.07) is 24.9. The van der Waals surface area contributed by atoms with Gasteiger partial charge in [-0.2, -0.15) is 0 Å². The Hall–Kier alpha value is -4.21. The predicted octanol–water partition coefficient (Wildman–Crippen LogP) is 5.76. The molecule has 1 saturated carbocycles. The van der Waals surface area contributed by atoms with Crippen molar-refractivity contribution in [1.82, 2.24) is 9.80 Å². The van der Waals surface area contributed by atoms with E-state index in [0.717, 1.165) is 61.3 Å². The molecule has 9 nitrogen and oxygen atoms in total. The smallest absolute Gasteiger partial charge is 0.411 e. The molecule has 3 N–H and O–H groups in total. The number of unbranched alkanes of at least 4 members (excludes halogenated alkanes) is 1. The Bertz CT molecular complexity index is 1430. The lowest BCUT2D eigenvalue weighted by Gasteiger charge is -2.21. The Balaban J connectivity index is 0.959. The van der Waals surface area contributed by atoms with E-state index >= 15 is 0 Å². The van der Waals surface area contributed by atoms with Crippen LogP contribution in [0, 0.1) is 11.8 Å². The van der Waals surface area contributed by atoms with Gasteiger partial charge in [0.15, 0.2) is 0 Å². The van der Waals surface area contributed by atoms with Crippen LogP contribution in [0.1, 0.15) is 44.1 Å². The first-order valence-electron chi connectivity index (χ1n) is 16.0. The molecule has 9 heteroatoms. The first-order chi connectivity index (χ1) is 21.9. The van der Waals surface area contributed by atoms with Crippen LogP contribution < -0.4 is 10.6 Å². The molecule has 2 aliphatic rings. The van der Waals surface area contributed by atoms with Crippen LogP contribution in [0.25, 0.3) is 11.1 Å². The lowest BCUT2D eigenvalue weighted by atomic mass is 10.0. The molecular formula is C36H44N4O5. The van der Waals surface area contributed by atoms with Crippen LogP contribution in [0.4, 0.5) is 16.2 Å². The lowest BCUT2D eigenvalue weighted by Crippen LogP contribution is -2.33. The minimum atomic E-state index is -0.415. The third-order valence-corrected chi connectivity index (χ3v) is 8.91. The number of para-hydroxylation sites is 1. The molecule has 1 saturated heterocycles. The number of nitrogens with one attached hydrogen (secondary N) is 2. The van der Waals surface area contributed by atoms with Gasteiger partial charge in [0, 0.05) is 57.3 Å². The highest BCUT2D eigenvalue weighted by Crippen LogP contribution is 2.39. The number of fused-ring (bicyclic) bond motifs is 1. The first-order valence-corrected chi connectivity index (χ1v) is 16.0. The van der Waals surface area contributed by atoms with E-state index in [1.54, 1.807) is 29.2 Å². The van der Waals surface area contributed by atoms with Crippen LogP contribution in [-0.2, 0) is 20.9 Å². The fourth-order valence-electron chi connectivity index (χ4n) is 6.55. The van der Waals surface area contributed by atoms with Crippen LogP contribution in [-0.4, -0.2) is 72.1 Å². The number of anilines is 2. The largest absolute Gasteiger partial charge is 0.446 e. The SMILES string of the molecule is CN(CCCCC(=O)Nc1cccc(CO)c1)C(=O)CCN1C[C@H]2CC(OC(=O)Nc3ccccc3-c3ccccc3)C[C@H]2C1. The van der Waals surface area contributed by atoms with Gasteiger partial charge in [0.05, 0.1) is 12.3 Å². The Kier molecular flexibility index (Phi) is 11.2. The number of aliphatic hydroxyl groups is 1. The second kappa shape index (κ2) is 15.7. The molecule has 3 amide bonds. The normalized spacial score (nSPS) is 19.1. The van der Waals surface area contributed by atoms with Crippen LogP contribution in [0.5, 0.6) is 0 Å². The molecule has 1 unspecified atom stereocenters. The maximum absolute atomic E-state index is 12.8. The van der Waals surface area contributed by atoms with E-state index in [2.05, 4.69) is 15.5 Å². The Labute approximate surface area is 265 Å². The monoisotopic (exact) mass is 612 g/mol. The van der Waals surface area contributed by atoms with E-state index in [4.69, 9.17) is 4.74 Å². The average molecular weight is 613 g/mol. The van der Waals surface area contributed by atoms with Crippen molar-refractivity contribution < 1.29 is 24.2 Å². The Morgan fingerprint density at radius 1 is 0.889 bits per heavy atom. The number of hydrogen-bond donors (Lipinski definition) is 3. The molecule has 0 radical (unpaired) electrons. The summed E-state index contributed by atoms with van der Waals surface area (Å²) in [6.45, 7) is 3.14. The van der Waals surface area contributed by atoms with E-state index in [9.17, 15) is 19.5 Å². The summed E-state index contributed by atoms with van der Waals surface area (Å²) in [6.07, 6.45) is 3.50. The van der Waals surface area contributed by atoms with Gasteiger partial charge in [-0.15, -0.1) is 0 Å². The van der Waals surface area contributed by atoms with Gasteiger partial charge in [0.1, 0.15) is 6.10 Å². The summed E-state index contributed by atoms with van der Waals surface area (Å²) < 4.78 is 5.84. The van der Waals surface area contributed by atoms with Gasteiger partial charge >= 0.3 is 6.09 Å². The van der Waals surface area contributed by atoms with Crippen LogP contribution in [0.3, 0.4) is 0 Å². The zero-order valence-electron chi connectivity index (χ0n) is 26.0. The van der Waals surface area contributed by atoms with Crippen molar-refractivity contribution in [3.63, 3.8) is 0 Å². The highest BCUT2D eigenvalue weighted by molar-refractivity contribution is 5.92. The molecule has 3 atom stereocenters. The van der Waals surface area contributed by atoms with Gasteiger partial charge in [0.2, 0.25) is 11.8 Å². The first kappa shape index (κ1) is 32.2. The molecule has 238 valence electrons. The highest BCUT2D eigenvalue weighted by atomic mass is 16.6. The number of carbonyl (C=O) groups excluding carboxylic acids is 3. The van der Waals surface area contributed by atoms with Gasteiger partial charge in [-0.1, -0.05) is 60.7 Å². The molecule has 0 bridgehead atoms. The summed E-state index contributed by atoms with van der Waals surface area (Å²) in [7, 11) is 1.83. The van der Waals surface area contributed by atoms with Gasteiger partial charge in [-0.3, -0.25) is 14.9 Å². The number of carbonyl (C=O) groups is 3. The molecule has 3 aromatic rings. The van der Waals surface area contributed by atoms with E-state index < -0.39 is 6.09 Å². The Morgan fingerprint density at radius 3 is 2.38 bits per heavy atom. The average Bonchev–Trinajstić information content (AvgIpc) is 3.60. The number of benzene rings is 3. The molecular weight excluding hydrogens is 568 g/mol. The number of ether oxygens (including phenoxy) is 1. The standard InChI is InChI=1S/C36H44N4O5/c1-39(18-8-7-16-34(42)37-30-13-9-10-26(20-30)25-41)35(43)17-19-40-23-28-21-31(22-29(28)24-40)45-36(44)38-33-15-6-5-14-32(33)27-11-3-2-4-12-27/h2-6,9-15,20,28-29,31,41H,7-8,16-19,21-25H2,1H3,(H,37,42)(H,38,44)/t28-,29+,31?. The number of nitrogens with zero attached hydrogens (tertiary/aromatic N) is 2. The zero-order chi connectivity index (χ0) is 31.6. The zero-order valence-corrected chi connectivity index (χ0v) is 26.0. The molecule has 1 aliphatic heterocycles. The van der Waals surface area contributed by atoms with Crippen LogP contribution >= 0.6 is 0 Å². The molecule has 0 aromatic heterocycles. The van der Waals surface area contributed by atoms with E-state index in [1.165, 1.54) is 0 Å². The molecule has 0 spiro atoms. The maximum Gasteiger partial charge on any atom is 0.411 e. The summed E-state index contributed by atoms with van der Waals surface area (Å²) in [5, 5.41) is 15.1. The van der Waals surface area contributed by atoms with Gasteiger partial charge < -0.3 is 25.0 Å². The molecule has 5 rings (SSSR count). The summed E-state index contributed by atoms with van der Waals surface area (Å²) in [5.41, 5.74) is 4.17. The minimum absolute atomic E-state index is 0.0646. The third-order valence-electron chi connectivity index (χ3n) is 8.91. The topological polar surface area (TPSA) is 111 Å². The minimum Gasteiger partial charge on any atom is -0.446 e. The van der Waals surface area contributed by atoms with Crippen molar-refractivity contribution in [2.75, 3.05) is 43.9 Å². The van der Waals surface area contributed by atoms with E-state index in [1.807, 2.05) is 61.6 Å². The highest BCUT2D eigenvalue weighted by Gasteiger charge is 2.42. The Morgan fingerprint density at radius 2 is 1.62 bits per heavy atom. The number of hydrogen-bond acceptors (Lipinski definition) is 6. The van der Waals surface area contributed by atoms with Crippen molar-refractivity contribution in [3.8, 4) is 11.1 Å². The van der Waals surface area contributed by atoms with Crippen molar-refractivity contribution in [2.24, 2.45) is 11.8 Å². The van der Waals surface area contributed by atoms with Crippen LogP contribution in [0.2, 0.25) is 0 Å². The molecule has 1 aliphatic carbocycles. The summed E-state index contributed by atoms with van der Waals surface area (Å²) >= 11 is 0. The van der Waals surface area contributed by atoms with Gasteiger partial charge in [0.25, 0.3) is 0 Å². The second-order valence-electron chi connectivity index (χ2n) is 12.2.